The third-order valence-electron chi connectivity index (χ3n) is 3.39. The van der Waals surface area contributed by atoms with Gasteiger partial charge in [0.15, 0.2) is 0 Å². The number of amides is 1. The molecule has 0 aromatic heterocycles. The Morgan fingerprint density at radius 1 is 1.19 bits per heavy atom. The van der Waals surface area contributed by atoms with E-state index >= 15 is 0 Å². The maximum Gasteiger partial charge on any atom is 0.221 e. The van der Waals surface area contributed by atoms with Crippen molar-refractivity contribution in [2.24, 2.45) is 5.73 Å². The standard InChI is InChI=1S/C17H19BrN2O/c1-2-15(12-7-9-14(18)10-8-12)20-16-6-4-3-5-13(16)11-17(19)21/h3-10,15,20H,2,11H2,1H3,(H2,19,21). The van der Waals surface area contributed by atoms with Crippen molar-refractivity contribution in [3.05, 3.63) is 64.1 Å². The van der Waals surface area contributed by atoms with Crippen molar-refractivity contribution in [2.45, 2.75) is 25.8 Å². The summed E-state index contributed by atoms with van der Waals surface area (Å²) in [7, 11) is 0. The van der Waals surface area contributed by atoms with Gasteiger partial charge in [0.2, 0.25) is 5.91 Å². The molecule has 0 spiro atoms. The van der Waals surface area contributed by atoms with Crippen molar-refractivity contribution in [1.82, 2.24) is 0 Å². The van der Waals surface area contributed by atoms with E-state index in [1.54, 1.807) is 0 Å². The first-order chi connectivity index (χ1) is 10.1. The molecule has 1 atom stereocenters. The van der Waals surface area contributed by atoms with Crippen LogP contribution in [0.25, 0.3) is 0 Å². The molecule has 0 aliphatic heterocycles. The Morgan fingerprint density at radius 2 is 1.86 bits per heavy atom. The normalized spacial score (nSPS) is 11.9. The molecule has 0 aliphatic rings. The maximum absolute atomic E-state index is 11.2. The fourth-order valence-corrected chi connectivity index (χ4v) is 2.57. The molecule has 2 rings (SSSR count). The smallest absolute Gasteiger partial charge is 0.221 e. The van der Waals surface area contributed by atoms with Crippen LogP contribution in [0.4, 0.5) is 5.69 Å². The van der Waals surface area contributed by atoms with Crippen LogP contribution in [-0.2, 0) is 11.2 Å². The summed E-state index contributed by atoms with van der Waals surface area (Å²) < 4.78 is 1.07. The second kappa shape index (κ2) is 7.27. The summed E-state index contributed by atoms with van der Waals surface area (Å²) in [5.41, 5.74) is 8.42. The molecule has 0 fully saturated rings. The SMILES string of the molecule is CCC(Nc1ccccc1CC(N)=O)c1ccc(Br)cc1. The molecule has 3 nitrogen and oxygen atoms in total. The first kappa shape index (κ1) is 15.6. The zero-order valence-corrected chi connectivity index (χ0v) is 13.6. The number of primary amides is 1. The van der Waals surface area contributed by atoms with Crippen molar-refractivity contribution in [3.63, 3.8) is 0 Å². The number of hydrogen-bond acceptors (Lipinski definition) is 2. The number of para-hydroxylation sites is 1. The van der Waals surface area contributed by atoms with Crippen LogP contribution in [-0.4, -0.2) is 5.91 Å². The van der Waals surface area contributed by atoms with E-state index in [0.29, 0.717) is 0 Å². The summed E-state index contributed by atoms with van der Waals surface area (Å²) in [6.07, 6.45) is 1.20. The molecule has 0 bridgehead atoms. The molecule has 1 unspecified atom stereocenters. The molecule has 0 heterocycles. The lowest BCUT2D eigenvalue weighted by Gasteiger charge is -2.21. The fourth-order valence-electron chi connectivity index (χ4n) is 2.31. The molecule has 2 aromatic rings. The summed E-state index contributed by atoms with van der Waals surface area (Å²) in [5.74, 6) is -0.319. The van der Waals surface area contributed by atoms with Crippen LogP contribution in [0.3, 0.4) is 0 Å². The van der Waals surface area contributed by atoms with Gasteiger partial charge < -0.3 is 11.1 Å². The van der Waals surface area contributed by atoms with Gasteiger partial charge in [0.1, 0.15) is 0 Å². The lowest BCUT2D eigenvalue weighted by molar-refractivity contribution is -0.117. The number of nitrogens with two attached hydrogens (primary N) is 1. The van der Waals surface area contributed by atoms with Crippen LogP contribution in [0.2, 0.25) is 0 Å². The van der Waals surface area contributed by atoms with E-state index in [1.807, 2.05) is 36.4 Å². The van der Waals surface area contributed by atoms with Crippen LogP contribution >= 0.6 is 15.9 Å². The highest BCUT2D eigenvalue weighted by atomic mass is 79.9. The average Bonchev–Trinajstić information content (AvgIpc) is 2.47. The molecule has 110 valence electrons. The number of nitrogens with one attached hydrogen (secondary N) is 1. The summed E-state index contributed by atoms with van der Waals surface area (Å²) in [6, 6.07) is 16.3. The quantitative estimate of drug-likeness (QED) is 0.829. The number of benzene rings is 2. The van der Waals surface area contributed by atoms with Gasteiger partial charge >= 0.3 is 0 Å². The van der Waals surface area contributed by atoms with E-state index < -0.39 is 0 Å². The Morgan fingerprint density at radius 3 is 2.48 bits per heavy atom. The first-order valence-corrected chi connectivity index (χ1v) is 7.77. The van der Waals surface area contributed by atoms with Gasteiger partial charge in [0.25, 0.3) is 0 Å². The van der Waals surface area contributed by atoms with Crippen LogP contribution in [0.5, 0.6) is 0 Å². The topological polar surface area (TPSA) is 55.1 Å². The van der Waals surface area contributed by atoms with Crippen LogP contribution in [0, 0.1) is 0 Å². The molecule has 0 radical (unpaired) electrons. The number of rotatable bonds is 6. The number of halogens is 1. The van der Waals surface area contributed by atoms with Gasteiger partial charge in [0.05, 0.1) is 12.5 Å². The minimum absolute atomic E-state index is 0.201. The zero-order valence-electron chi connectivity index (χ0n) is 12.0. The molecule has 0 saturated carbocycles. The lowest BCUT2D eigenvalue weighted by Crippen LogP contribution is -2.16. The molecule has 0 saturated heterocycles. The highest BCUT2D eigenvalue weighted by Gasteiger charge is 2.12. The second-order valence-electron chi connectivity index (χ2n) is 4.96. The van der Waals surface area contributed by atoms with E-state index in [2.05, 4.69) is 40.3 Å². The largest absolute Gasteiger partial charge is 0.378 e. The molecule has 4 heteroatoms. The molecule has 0 aliphatic carbocycles. The summed E-state index contributed by atoms with van der Waals surface area (Å²) in [4.78, 5) is 11.2. The Hall–Kier alpha value is -1.81. The van der Waals surface area contributed by atoms with E-state index in [4.69, 9.17) is 5.73 Å². The van der Waals surface area contributed by atoms with E-state index in [0.717, 1.165) is 22.1 Å². The van der Waals surface area contributed by atoms with Gasteiger partial charge in [-0.15, -0.1) is 0 Å². The highest BCUT2D eigenvalue weighted by Crippen LogP contribution is 2.26. The predicted octanol–water partition coefficient (Wildman–Crippen LogP) is 4.04. The molecule has 1 amide bonds. The minimum atomic E-state index is -0.319. The Bertz CT molecular complexity index is 610. The maximum atomic E-state index is 11.2. The Balaban J connectivity index is 2.22. The zero-order chi connectivity index (χ0) is 15.2. The molecule has 21 heavy (non-hydrogen) atoms. The third kappa shape index (κ3) is 4.33. The molecular weight excluding hydrogens is 328 g/mol. The van der Waals surface area contributed by atoms with Crippen molar-refractivity contribution in [1.29, 1.82) is 0 Å². The molecular formula is C17H19BrN2O. The Kier molecular flexibility index (Phi) is 5.39. The molecule has 3 N–H and O–H groups in total. The lowest BCUT2D eigenvalue weighted by atomic mass is 10.0. The number of hydrogen-bond donors (Lipinski definition) is 2. The van der Waals surface area contributed by atoms with Gasteiger partial charge in [-0.05, 0) is 35.7 Å². The van der Waals surface area contributed by atoms with Gasteiger partial charge in [-0.25, -0.2) is 0 Å². The Labute approximate surface area is 133 Å². The predicted molar refractivity (Wildman–Crippen MR) is 90.1 cm³/mol. The van der Waals surface area contributed by atoms with Crippen molar-refractivity contribution >= 4 is 27.5 Å². The van der Waals surface area contributed by atoms with E-state index in [9.17, 15) is 4.79 Å². The van der Waals surface area contributed by atoms with Crippen molar-refractivity contribution in [3.8, 4) is 0 Å². The van der Waals surface area contributed by atoms with Crippen LogP contribution in [0.1, 0.15) is 30.5 Å². The van der Waals surface area contributed by atoms with Crippen molar-refractivity contribution < 1.29 is 4.79 Å². The second-order valence-corrected chi connectivity index (χ2v) is 5.87. The minimum Gasteiger partial charge on any atom is -0.378 e. The summed E-state index contributed by atoms with van der Waals surface area (Å²) in [6.45, 7) is 2.14. The monoisotopic (exact) mass is 346 g/mol. The van der Waals surface area contributed by atoms with Gasteiger partial charge in [0, 0.05) is 10.2 Å². The average molecular weight is 347 g/mol. The van der Waals surface area contributed by atoms with E-state index in [1.165, 1.54) is 5.56 Å². The third-order valence-corrected chi connectivity index (χ3v) is 3.92. The van der Waals surface area contributed by atoms with Crippen LogP contribution < -0.4 is 11.1 Å². The number of carbonyl (C=O) groups excluding carboxylic acids is 1. The fraction of sp³-hybridized carbons (Fsp3) is 0.235. The summed E-state index contributed by atoms with van der Waals surface area (Å²) in [5, 5.41) is 3.52. The summed E-state index contributed by atoms with van der Waals surface area (Å²) >= 11 is 3.45. The van der Waals surface area contributed by atoms with Gasteiger partial charge in [-0.1, -0.05) is 53.2 Å². The number of carbonyl (C=O) groups is 1. The number of anilines is 1. The van der Waals surface area contributed by atoms with Gasteiger partial charge in [-0.3, -0.25) is 4.79 Å². The van der Waals surface area contributed by atoms with E-state index in [-0.39, 0.29) is 18.4 Å². The van der Waals surface area contributed by atoms with Crippen LogP contribution in [0.15, 0.2) is 53.0 Å². The van der Waals surface area contributed by atoms with Gasteiger partial charge in [-0.2, -0.15) is 0 Å². The van der Waals surface area contributed by atoms with Crippen molar-refractivity contribution in [2.75, 3.05) is 5.32 Å². The first-order valence-electron chi connectivity index (χ1n) is 6.98. The highest BCUT2D eigenvalue weighted by molar-refractivity contribution is 9.10. The molecule has 2 aromatic carbocycles.